The number of anilines is 1. The van der Waals surface area contributed by atoms with Gasteiger partial charge in [0.1, 0.15) is 5.75 Å². The maximum Gasteiger partial charge on any atom is 0.335 e. The fourth-order valence-corrected chi connectivity index (χ4v) is 7.29. The number of benzene rings is 2. The molecule has 0 saturated heterocycles. The van der Waals surface area contributed by atoms with Gasteiger partial charge in [-0.05, 0) is 97.7 Å². The zero-order valence-corrected chi connectivity index (χ0v) is 24.1. The Kier molecular flexibility index (Phi) is 8.82. The van der Waals surface area contributed by atoms with Crippen LogP contribution in [0.4, 0.5) is 5.69 Å². The van der Waals surface area contributed by atoms with Gasteiger partial charge in [0.2, 0.25) is 0 Å². The number of aryl methyl sites for hydroxylation is 1. The number of aliphatic hydroxyl groups is 1. The highest BCUT2D eigenvalue weighted by atomic mass is 35.5. The molecule has 6 nitrogen and oxygen atoms in total. The van der Waals surface area contributed by atoms with Crippen LogP contribution in [0.15, 0.2) is 48.6 Å². The van der Waals surface area contributed by atoms with Crippen molar-refractivity contribution < 1.29 is 19.7 Å². The molecular formula is C31H39ClN2O4S. The molecule has 1 aliphatic heterocycles. The number of carboxylic acid groups (broad SMARTS) is 1. The minimum Gasteiger partial charge on any atom is -0.490 e. The number of carbonyl (C=O) groups is 1. The maximum atomic E-state index is 11.9. The van der Waals surface area contributed by atoms with Crippen LogP contribution in [0, 0.1) is 17.8 Å². The molecule has 1 heterocycles. The molecular weight excluding hydrogens is 532 g/mol. The summed E-state index contributed by atoms with van der Waals surface area (Å²) in [7, 11) is 0. The van der Waals surface area contributed by atoms with Gasteiger partial charge in [0.05, 0.1) is 24.0 Å². The molecule has 3 aliphatic rings. The van der Waals surface area contributed by atoms with E-state index in [1.54, 1.807) is 18.2 Å². The maximum absolute atomic E-state index is 11.9. The standard InChI is InChI=1S/C31H39ClN2O4S/c1-20(17-39-33)4-2-6-28(35)25-10-7-23(25)16-34-18-31(13-3-5-21-14-24(32)9-11-26(21)31)19-38-29-12-8-22(30(36)37)15-27(29)34/h2,6,8-9,11-12,14-15,20,23,25,28,35H,3-5,7,10,13,16-19,33H2,1H3,(H,36,37)/b6-2+/t20-,23?,25?,28?,31?/m1/s1. The first-order chi connectivity index (χ1) is 18.8. The summed E-state index contributed by atoms with van der Waals surface area (Å²) in [6.45, 7) is 4.19. The van der Waals surface area contributed by atoms with Gasteiger partial charge in [-0.15, -0.1) is 0 Å². The van der Waals surface area contributed by atoms with Gasteiger partial charge in [0, 0.05) is 29.3 Å². The first-order valence-electron chi connectivity index (χ1n) is 14.0. The van der Waals surface area contributed by atoms with Gasteiger partial charge in [-0.1, -0.05) is 48.7 Å². The second-order valence-electron chi connectivity index (χ2n) is 11.7. The molecule has 1 saturated carbocycles. The molecule has 4 unspecified atom stereocenters. The molecule has 0 amide bonds. The van der Waals surface area contributed by atoms with Gasteiger partial charge >= 0.3 is 5.97 Å². The molecule has 1 spiro atoms. The van der Waals surface area contributed by atoms with Crippen molar-refractivity contribution in [1.82, 2.24) is 0 Å². The third-order valence-electron chi connectivity index (χ3n) is 8.91. The highest BCUT2D eigenvalue weighted by Gasteiger charge is 2.44. The van der Waals surface area contributed by atoms with E-state index in [0.29, 0.717) is 18.4 Å². The van der Waals surface area contributed by atoms with Gasteiger partial charge in [-0.3, -0.25) is 5.14 Å². The molecule has 5 atom stereocenters. The number of carboxylic acids is 1. The zero-order chi connectivity index (χ0) is 27.6. The van der Waals surface area contributed by atoms with Crippen LogP contribution in [0.3, 0.4) is 0 Å². The quantitative estimate of drug-likeness (QED) is 0.248. The summed E-state index contributed by atoms with van der Waals surface area (Å²) in [6.07, 6.45) is 9.55. The summed E-state index contributed by atoms with van der Waals surface area (Å²) < 4.78 is 6.46. The monoisotopic (exact) mass is 570 g/mol. The third-order valence-corrected chi connectivity index (χ3v) is 9.90. The fraction of sp³-hybridized carbons (Fsp3) is 0.516. The van der Waals surface area contributed by atoms with Crippen molar-refractivity contribution in [3.05, 3.63) is 70.3 Å². The number of nitrogens with two attached hydrogens (primary N) is 1. The number of nitrogens with zero attached hydrogens (tertiary/aromatic N) is 1. The number of hydrogen-bond acceptors (Lipinski definition) is 6. The van der Waals surface area contributed by atoms with Crippen molar-refractivity contribution in [3.8, 4) is 5.75 Å². The van der Waals surface area contributed by atoms with Crippen LogP contribution in [-0.4, -0.2) is 47.7 Å². The van der Waals surface area contributed by atoms with E-state index in [1.165, 1.54) is 23.1 Å². The van der Waals surface area contributed by atoms with E-state index >= 15 is 0 Å². The van der Waals surface area contributed by atoms with E-state index in [-0.39, 0.29) is 16.9 Å². The van der Waals surface area contributed by atoms with Crippen molar-refractivity contribution in [3.63, 3.8) is 0 Å². The Morgan fingerprint density at radius 3 is 2.90 bits per heavy atom. The summed E-state index contributed by atoms with van der Waals surface area (Å²) in [6, 6.07) is 11.4. The lowest BCUT2D eigenvalue weighted by Crippen LogP contribution is -2.49. The predicted octanol–water partition coefficient (Wildman–Crippen LogP) is 6.09. The summed E-state index contributed by atoms with van der Waals surface area (Å²) in [5.74, 6) is 1.65. The lowest BCUT2D eigenvalue weighted by Gasteiger charge is -2.45. The minimum absolute atomic E-state index is 0.184. The molecule has 2 aromatic rings. The highest BCUT2D eigenvalue weighted by Crippen LogP contribution is 2.46. The topological polar surface area (TPSA) is 96.0 Å². The van der Waals surface area contributed by atoms with E-state index in [2.05, 4.69) is 30.0 Å². The summed E-state index contributed by atoms with van der Waals surface area (Å²) in [5, 5.41) is 27.1. The number of fused-ring (bicyclic) bond motifs is 3. The van der Waals surface area contributed by atoms with E-state index < -0.39 is 12.1 Å². The smallest absolute Gasteiger partial charge is 0.335 e. The van der Waals surface area contributed by atoms with Crippen LogP contribution < -0.4 is 14.8 Å². The molecule has 39 heavy (non-hydrogen) atoms. The summed E-state index contributed by atoms with van der Waals surface area (Å²) >= 11 is 7.72. The Labute approximate surface area is 240 Å². The Balaban J connectivity index is 1.41. The lowest BCUT2D eigenvalue weighted by atomic mass is 9.68. The summed E-state index contributed by atoms with van der Waals surface area (Å²) in [5.41, 5.74) is 3.44. The molecule has 8 heteroatoms. The van der Waals surface area contributed by atoms with E-state index in [4.69, 9.17) is 21.5 Å². The Morgan fingerprint density at radius 2 is 2.15 bits per heavy atom. The molecule has 210 valence electrons. The van der Waals surface area contributed by atoms with Crippen LogP contribution in [0.25, 0.3) is 0 Å². The van der Waals surface area contributed by atoms with Gasteiger partial charge in [-0.2, -0.15) is 0 Å². The third kappa shape index (κ3) is 6.12. The Hall–Kier alpha value is -2.19. The largest absolute Gasteiger partial charge is 0.490 e. The van der Waals surface area contributed by atoms with Crippen molar-refractivity contribution >= 4 is 35.2 Å². The zero-order valence-electron chi connectivity index (χ0n) is 22.5. The summed E-state index contributed by atoms with van der Waals surface area (Å²) in [4.78, 5) is 14.2. The van der Waals surface area contributed by atoms with Crippen molar-refractivity contribution in [2.75, 3.05) is 30.3 Å². The minimum atomic E-state index is -0.946. The number of ether oxygens (including phenoxy) is 1. The number of aliphatic hydroxyl groups excluding tert-OH is 1. The lowest BCUT2D eigenvalue weighted by molar-refractivity contribution is 0.0456. The second-order valence-corrected chi connectivity index (χ2v) is 12.8. The molecule has 2 aromatic carbocycles. The van der Waals surface area contributed by atoms with Crippen LogP contribution in [0.1, 0.15) is 60.5 Å². The fourth-order valence-electron chi connectivity index (χ4n) is 6.63. The van der Waals surface area contributed by atoms with E-state index in [0.717, 1.165) is 73.8 Å². The van der Waals surface area contributed by atoms with E-state index in [9.17, 15) is 15.0 Å². The first kappa shape index (κ1) is 28.3. The van der Waals surface area contributed by atoms with Crippen molar-refractivity contribution in [2.24, 2.45) is 22.9 Å². The van der Waals surface area contributed by atoms with Gasteiger partial charge in [0.25, 0.3) is 0 Å². The Morgan fingerprint density at radius 1 is 1.31 bits per heavy atom. The number of hydrogen-bond donors (Lipinski definition) is 3. The van der Waals surface area contributed by atoms with Crippen molar-refractivity contribution in [1.29, 1.82) is 0 Å². The Bertz CT molecular complexity index is 1220. The molecule has 1 fully saturated rings. The number of halogens is 1. The van der Waals surface area contributed by atoms with Crippen LogP contribution in [0.2, 0.25) is 5.02 Å². The van der Waals surface area contributed by atoms with Gasteiger partial charge in [-0.25, -0.2) is 4.79 Å². The second kappa shape index (κ2) is 12.1. The van der Waals surface area contributed by atoms with Gasteiger partial charge < -0.3 is 19.8 Å². The average Bonchev–Trinajstić information content (AvgIpc) is 3.03. The predicted molar refractivity (Wildman–Crippen MR) is 159 cm³/mol. The molecule has 0 radical (unpaired) electrons. The normalized spacial score (nSPS) is 25.8. The highest BCUT2D eigenvalue weighted by molar-refractivity contribution is 7.97. The van der Waals surface area contributed by atoms with Crippen molar-refractivity contribution in [2.45, 2.75) is 57.0 Å². The molecule has 0 bridgehead atoms. The van der Waals surface area contributed by atoms with Crippen LogP contribution >= 0.6 is 23.5 Å². The molecule has 0 aromatic heterocycles. The molecule has 4 N–H and O–H groups in total. The SMILES string of the molecule is C[C@H](C/C=C/C(O)C1CCC1CN1CC2(CCCc3cc(Cl)ccc32)COc2ccc(C(=O)O)cc21)CSN. The molecule has 5 rings (SSSR count). The van der Waals surface area contributed by atoms with Crippen LogP contribution in [0.5, 0.6) is 5.75 Å². The first-order valence-corrected chi connectivity index (χ1v) is 15.4. The van der Waals surface area contributed by atoms with E-state index in [1.807, 2.05) is 12.1 Å². The van der Waals surface area contributed by atoms with Crippen LogP contribution in [-0.2, 0) is 11.8 Å². The number of allylic oxidation sites excluding steroid dienone is 1. The number of rotatable bonds is 9. The average molecular weight is 571 g/mol. The molecule has 2 aliphatic carbocycles. The number of aromatic carboxylic acids is 1. The van der Waals surface area contributed by atoms with Gasteiger partial charge in [0.15, 0.2) is 0 Å².